The van der Waals surface area contributed by atoms with Crippen LogP contribution in [0.4, 0.5) is 18.3 Å². The maximum absolute atomic E-state index is 14.4. The highest BCUT2D eigenvalue weighted by Gasteiger charge is 2.17. The molecular formula is C22H13F3N2O3S. The molecule has 0 aliphatic carbocycles. The number of hydrogen-bond acceptors (Lipinski definition) is 4. The minimum absolute atomic E-state index is 0.0642. The van der Waals surface area contributed by atoms with Crippen molar-refractivity contribution in [3.63, 3.8) is 0 Å². The van der Waals surface area contributed by atoms with Gasteiger partial charge in [0.1, 0.15) is 17.5 Å². The van der Waals surface area contributed by atoms with E-state index in [4.69, 9.17) is 11.5 Å². The molecule has 0 atom stereocenters. The number of terminal acetylenes is 1. The molecule has 0 aliphatic rings. The van der Waals surface area contributed by atoms with Crippen molar-refractivity contribution in [3.8, 4) is 23.6 Å². The molecule has 156 valence electrons. The second-order valence-electron chi connectivity index (χ2n) is 6.29. The Bertz CT molecular complexity index is 1250. The van der Waals surface area contributed by atoms with Crippen LogP contribution in [0.2, 0.25) is 0 Å². The number of nitrogens with zero attached hydrogens (tertiary/aromatic N) is 1. The van der Waals surface area contributed by atoms with E-state index in [2.05, 4.69) is 16.2 Å². The molecule has 31 heavy (non-hydrogen) atoms. The number of amides is 1. The monoisotopic (exact) mass is 442 g/mol. The molecule has 0 bridgehead atoms. The van der Waals surface area contributed by atoms with Gasteiger partial charge >= 0.3 is 5.97 Å². The lowest BCUT2D eigenvalue weighted by Gasteiger charge is -2.06. The lowest BCUT2D eigenvalue weighted by molar-refractivity contribution is -0.132. The molecule has 5 nitrogen and oxygen atoms in total. The van der Waals surface area contributed by atoms with Crippen LogP contribution in [0.5, 0.6) is 0 Å². The van der Waals surface area contributed by atoms with Crippen molar-refractivity contribution in [2.24, 2.45) is 0 Å². The van der Waals surface area contributed by atoms with E-state index >= 15 is 0 Å². The first-order chi connectivity index (χ1) is 14.7. The van der Waals surface area contributed by atoms with Gasteiger partial charge in [0.2, 0.25) is 0 Å². The number of nitrogens with one attached hydrogen (secondary N) is 1. The van der Waals surface area contributed by atoms with Gasteiger partial charge in [-0.2, -0.15) is 0 Å². The van der Waals surface area contributed by atoms with Crippen molar-refractivity contribution in [1.29, 1.82) is 0 Å². The normalized spacial score (nSPS) is 11.1. The van der Waals surface area contributed by atoms with Crippen LogP contribution >= 0.6 is 11.3 Å². The number of carbonyl (C=O) groups is 2. The van der Waals surface area contributed by atoms with Gasteiger partial charge in [0.15, 0.2) is 5.13 Å². The molecule has 1 aromatic heterocycles. The highest BCUT2D eigenvalue weighted by atomic mass is 32.1. The quantitative estimate of drug-likeness (QED) is 0.433. The van der Waals surface area contributed by atoms with Gasteiger partial charge in [-0.05, 0) is 37.3 Å². The van der Waals surface area contributed by atoms with Crippen LogP contribution < -0.4 is 5.32 Å². The Balaban J connectivity index is 1.84. The van der Waals surface area contributed by atoms with Crippen LogP contribution in [0.1, 0.15) is 28.4 Å². The zero-order valence-electron chi connectivity index (χ0n) is 15.9. The predicted molar refractivity (Wildman–Crippen MR) is 111 cm³/mol. The van der Waals surface area contributed by atoms with E-state index in [-0.39, 0.29) is 33.1 Å². The van der Waals surface area contributed by atoms with Gasteiger partial charge in [-0.15, -0.1) is 17.8 Å². The number of carboxylic acids is 1. The average Bonchev–Trinajstić information content (AvgIpc) is 3.18. The summed E-state index contributed by atoms with van der Waals surface area (Å²) < 4.78 is 42.9. The molecule has 0 spiro atoms. The molecular weight excluding hydrogens is 429 g/mol. The molecule has 0 saturated heterocycles. The van der Waals surface area contributed by atoms with Crippen molar-refractivity contribution < 1.29 is 27.9 Å². The Morgan fingerprint density at radius 2 is 1.90 bits per heavy atom. The Morgan fingerprint density at radius 3 is 2.52 bits per heavy atom. The summed E-state index contributed by atoms with van der Waals surface area (Å²) in [6.07, 6.45) is 6.08. The molecule has 3 aromatic rings. The zero-order chi connectivity index (χ0) is 22.7. The predicted octanol–water partition coefficient (Wildman–Crippen LogP) is 4.95. The fourth-order valence-electron chi connectivity index (χ4n) is 2.60. The van der Waals surface area contributed by atoms with Crippen LogP contribution in [0, 0.1) is 29.8 Å². The number of carboxylic acid groups (broad SMARTS) is 1. The van der Waals surface area contributed by atoms with E-state index in [0.717, 1.165) is 29.5 Å². The Morgan fingerprint density at radius 1 is 1.23 bits per heavy atom. The number of thiazole rings is 1. The third-order valence-electron chi connectivity index (χ3n) is 4.19. The molecule has 1 heterocycles. The lowest BCUT2D eigenvalue weighted by Crippen LogP contribution is -2.13. The maximum Gasteiger partial charge on any atom is 0.331 e. The van der Waals surface area contributed by atoms with Crippen LogP contribution in [0.3, 0.4) is 0 Å². The number of anilines is 1. The molecule has 0 aliphatic heterocycles. The van der Waals surface area contributed by atoms with Gasteiger partial charge in [0.05, 0.1) is 11.3 Å². The number of hydrogen-bond donors (Lipinski definition) is 2. The van der Waals surface area contributed by atoms with Crippen LogP contribution in [0.15, 0.2) is 41.3 Å². The third-order valence-corrected chi connectivity index (χ3v) is 4.95. The lowest BCUT2D eigenvalue weighted by atomic mass is 10.1. The second kappa shape index (κ2) is 8.85. The fourth-order valence-corrected chi connectivity index (χ4v) is 3.30. The molecule has 1 amide bonds. The summed E-state index contributed by atoms with van der Waals surface area (Å²) in [4.78, 5) is 27.4. The van der Waals surface area contributed by atoms with Crippen molar-refractivity contribution >= 4 is 34.4 Å². The first kappa shape index (κ1) is 21.8. The van der Waals surface area contributed by atoms with E-state index in [9.17, 15) is 22.8 Å². The van der Waals surface area contributed by atoms with E-state index in [1.807, 2.05) is 0 Å². The Kier molecular flexibility index (Phi) is 6.22. The third kappa shape index (κ3) is 4.65. The van der Waals surface area contributed by atoms with Crippen molar-refractivity contribution in [3.05, 3.63) is 75.4 Å². The van der Waals surface area contributed by atoms with E-state index in [1.54, 1.807) is 6.07 Å². The molecule has 9 heteroatoms. The SMILES string of the molecule is C#Cc1cccc(-c2csc(NC(=O)c3cc(F)c(/C=C(\C)C(=O)O)c(F)c3)n2)c1F. The number of aliphatic carboxylic acids is 1. The molecule has 0 fully saturated rings. The summed E-state index contributed by atoms with van der Waals surface area (Å²) in [5.74, 6) is -2.78. The van der Waals surface area contributed by atoms with E-state index in [1.165, 1.54) is 24.4 Å². The number of benzene rings is 2. The summed E-state index contributed by atoms with van der Waals surface area (Å²) in [5.41, 5.74) is -0.735. The molecule has 2 aromatic carbocycles. The topological polar surface area (TPSA) is 79.3 Å². The zero-order valence-corrected chi connectivity index (χ0v) is 16.7. The number of halogens is 3. The van der Waals surface area contributed by atoms with Crippen LogP contribution in [0.25, 0.3) is 17.3 Å². The maximum atomic E-state index is 14.4. The molecule has 0 radical (unpaired) electrons. The minimum Gasteiger partial charge on any atom is -0.478 e. The summed E-state index contributed by atoms with van der Waals surface area (Å²) >= 11 is 0.989. The summed E-state index contributed by atoms with van der Waals surface area (Å²) in [6.45, 7) is 1.18. The number of rotatable bonds is 5. The van der Waals surface area contributed by atoms with Crippen molar-refractivity contribution in [2.45, 2.75) is 6.92 Å². The van der Waals surface area contributed by atoms with Crippen molar-refractivity contribution in [2.75, 3.05) is 5.32 Å². The molecule has 2 N–H and O–H groups in total. The Labute approximate surface area is 178 Å². The highest BCUT2D eigenvalue weighted by molar-refractivity contribution is 7.14. The molecule has 3 rings (SSSR count). The summed E-state index contributed by atoms with van der Waals surface area (Å²) in [5, 5.41) is 12.8. The Hall–Kier alpha value is -3.90. The minimum atomic E-state index is -1.33. The second-order valence-corrected chi connectivity index (χ2v) is 7.15. The highest BCUT2D eigenvalue weighted by Crippen LogP contribution is 2.29. The summed E-state index contributed by atoms with van der Waals surface area (Å²) in [6, 6.07) is 6.05. The molecule has 0 unspecified atom stereocenters. The van der Waals surface area contributed by atoms with E-state index in [0.29, 0.717) is 0 Å². The number of carbonyl (C=O) groups excluding carboxylic acids is 1. The van der Waals surface area contributed by atoms with Gasteiger partial charge in [0.25, 0.3) is 5.91 Å². The van der Waals surface area contributed by atoms with Gasteiger partial charge in [-0.3, -0.25) is 10.1 Å². The smallest absolute Gasteiger partial charge is 0.331 e. The van der Waals surface area contributed by atoms with Crippen molar-refractivity contribution in [1.82, 2.24) is 4.98 Å². The van der Waals surface area contributed by atoms with Gasteiger partial charge < -0.3 is 5.11 Å². The molecule has 0 saturated carbocycles. The number of aromatic nitrogens is 1. The van der Waals surface area contributed by atoms with Crippen LogP contribution in [-0.2, 0) is 4.79 Å². The van der Waals surface area contributed by atoms with Gasteiger partial charge in [-0.1, -0.05) is 12.0 Å². The van der Waals surface area contributed by atoms with Gasteiger partial charge in [-0.25, -0.2) is 22.9 Å². The standard InChI is InChI=1S/C22H13F3N2O3S/c1-3-12-5-4-6-14(19(12)25)18-10-31-22(26-18)27-20(28)13-8-16(23)15(17(24)9-13)7-11(2)21(29)30/h1,4-10H,2H3,(H,29,30)(H,26,27,28)/b11-7+. The van der Waals surface area contributed by atoms with E-state index < -0.39 is 34.9 Å². The first-order valence-electron chi connectivity index (χ1n) is 8.64. The van der Waals surface area contributed by atoms with Gasteiger partial charge in [0, 0.05) is 27.6 Å². The average molecular weight is 442 g/mol. The fraction of sp³-hybridized carbons (Fsp3) is 0.0455. The first-order valence-corrected chi connectivity index (χ1v) is 9.52. The largest absolute Gasteiger partial charge is 0.478 e. The van der Waals surface area contributed by atoms with Crippen LogP contribution in [-0.4, -0.2) is 22.0 Å². The summed E-state index contributed by atoms with van der Waals surface area (Å²) in [7, 11) is 0.